The molecule has 1 aromatic heterocycles. The van der Waals surface area contributed by atoms with Crippen LogP contribution in [0, 0.1) is 5.82 Å². The molecule has 0 fully saturated rings. The van der Waals surface area contributed by atoms with Crippen molar-refractivity contribution in [2.24, 2.45) is 0 Å². The summed E-state index contributed by atoms with van der Waals surface area (Å²) in [6.07, 6.45) is 2.74. The van der Waals surface area contributed by atoms with E-state index in [1.807, 2.05) is 12.1 Å². The summed E-state index contributed by atoms with van der Waals surface area (Å²) in [7, 11) is 0. The standard InChI is InChI=1S/C15H15FN2O2/c16-13-3-1-12(2-4-13)14(19)15(20)18-10-7-11-5-8-17-9-6-11/h1-6,8-9,14,19H,7,10H2,(H,18,20)/t14-/m1/s1. The third-order valence-electron chi connectivity index (χ3n) is 2.90. The average molecular weight is 274 g/mol. The van der Waals surface area contributed by atoms with Gasteiger partial charge in [-0.1, -0.05) is 12.1 Å². The van der Waals surface area contributed by atoms with Crippen LogP contribution in [0.15, 0.2) is 48.8 Å². The smallest absolute Gasteiger partial charge is 0.253 e. The summed E-state index contributed by atoms with van der Waals surface area (Å²) in [5.41, 5.74) is 1.42. The van der Waals surface area contributed by atoms with Gasteiger partial charge in [-0.15, -0.1) is 0 Å². The molecule has 4 nitrogen and oxygen atoms in total. The molecule has 0 aliphatic heterocycles. The molecule has 1 aromatic carbocycles. The Morgan fingerprint density at radius 2 is 1.85 bits per heavy atom. The minimum Gasteiger partial charge on any atom is -0.378 e. The summed E-state index contributed by atoms with van der Waals surface area (Å²) in [6, 6.07) is 8.93. The van der Waals surface area contributed by atoms with Crippen LogP contribution >= 0.6 is 0 Å². The Balaban J connectivity index is 1.84. The molecule has 2 rings (SSSR count). The van der Waals surface area contributed by atoms with Crippen LogP contribution in [0.2, 0.25) is 0 Å². The van der Waals surface area contributed by atoms with Crippen LogP contribution in [0.3, 0.4) is 0 Å². The lowest BCUT2D eigenvalue weighted by molar-refractivity contribution is -0.129. The van der Waals surface area contributed by atoms with Crippen molar-refractivity contribution in [1.29, 1.82) is 0 Å². The first-order valence-corrected chi connectivity index (χ1v) is 6.27. The van der Waals surface area contributed by atoms with Crippen LogP contribution in [-0.2, 0) is 11.2 Å². The molecule has 0 bridgehead atoms. The van der Waals surface area contributed by atoms with Crippen LogP contribution in [0.4, 0.5) is 4.39 Å². The van der Waals surface area contributed by atoms with E-state index in [1.54, 1.807) is 12.4 Å². The second-order valence-corrected chi connectivity index (χ2v) is 4.35. The largest absolute Gasteiger partial charge is 0.378 e. The third kappa shape index (κ3) is 3.86. The molecule has 0 aliphatic rings. The fourth-order valence-electron chi connectivity index (χ4n) is 1.77. The van der Waals surface area contributed by atoms with E-state index in [4.69, 9.17) is 0 Å². The van der Waals surface area contributed by atoms with Crippen LogP contribution < -0.4 is 5.32 Å². The number of hydrogen-bond acceptors (Lipinski definition) is 3. The Bertz CT molecular complexity index is 558. The predicted molar refractivity (Wildman–Crippen MR) is 72.3 cm³/mol. The van der Waals surface area contributed by atoms with E-state index in [9.17, 15) is 14.3 Å². The van der Waals surface area contributed by atoms with Crippen molar-refractivity contribution in [3.63, 3.8) is 0 Å². The fourth-order valence-corrected chi connectivity index (χ4v) is 1.77. The molecule has 5 heteroatoms. The maximum atomic E-state index is 12.8. The zero-order chi connectivity index (χ0) is 14.4. The maximum Gasteiger partial charge on any atom is 0.253 e. The lowest BCUT2D eigenvalue weighted by Crippen LogP contribution is -2.30. The van der Waals surface area contributed by atoms with Crippen LogP contribution in [0.1, 0.15) is 17.2 Å². The number of nitrogens with zero attached hydrogens (tertiary/aromatic N) is 1. The van der Waals surface area contributed by atoms with Gasteiger partial charge in [0, 0.05) is 18.9 Å². The number of hydrogen-bond donors (Lipinski definition) is 2. The Hall–Kier alpha value is -2.27. The summed E-state index contributed by atoms with van der Waals surface area (Å²) >= 11 is 0. The number of aromatic nitrogens is 1. The topological polar surface area (TPSA) is 62.2 Å². The van der Waals surface area contributed by atoms with Crippen molar-refractivity contribution in [2.45, 2.75) is 12.5 Å². The van der Waals surface area contributed by atoms with Gasteiger partial charge in [-0.3, -0.25) is 9.78 Å². The third-order valence-corrected chi connectivity index (χ3v) is 2.90. The number of aliphatic hydroxyl groups excluding tert-OH is 1. The van der Waals surface area contributed by atoms with Crippen molar-refractivity contribution in [3.8, 4) is 0 Å². The molecule has 2 N–H and O–H groups in total. The molecule has 2 aromatic rings. The molecule has 1 amide bonds. The Kier molecular flexibility index (Phi) is 4.79. The lowest BCUT2D eigenvalue weighted by Gasteiger charge is -2.11. The monoisotopic (exact) mass is 274 g/mol. The number of aliphatic hydroxyl groups is 1. The molecular formula is C15H15FN2O2. The minimum absolute atomic E-state index is 0.368. The highest BCUT2D eigenvalue weighted by Gasteiger charge is 2.16. The number of carbonyl (C=O) groups is 1. The molecule has 1 atom stereocenters. The lowest BCUT2D eigenvalue weighted by atomic mass is 10.1. The second-order valence-electron chi connectivity index (χ2n) is 4.35. The predicted octanol–water partition coefficient (Wildman–Crippen LogP) is 1.61. The second kappa shape index (κ2) is 6.77. The van der Waals surface area contributed by atoms with Crippen molar-refractivity contribution < 1.29 is 14.3 Å². The zero-order valence-corrected chi connectivity index (χ0v) is 10.8. The number of rotatable bonds is 5. The average Bonchev–Trinajstić information content (AvgIpc) is 2.48. The summed E-state index contributed by atoms with van der Waals surface area (Å²) < 4.78 is 12.8. The van der Waals surface area contributed by atoms with Gasteiger partial charge in [0.1, 0.15) is 5.82 Å². The molecule has 0 radical (unpaired) electrons. The Morgan fingerprint density at radius 3 is 2.50 bits per heavy atom. The number of pyridine rings is 1. The van der Waals surface area contributed by atoms with Gasteiger partial charge in [0.25, 0.3) is 5.91 Å². The van der Waals surface area contributed by atoms with Gasteiger partial charge < -0.3 is 10.4 Å². The van der Waals surface area contributed by atoms with Crippen LogP contribution in [0.5, 0.6) is 0 Å². The van der Waals surface area contributed by atoms with Crippen LogP contribution in [0.25, 0.3) is 0 Å². The van der Waals surface area contributed by atoms with E-state index in [0.717, 1.165) is 5.56 Å². The van der Waals surface area contributed by atoms with Gasteiger partial charge >= 0.3 is 0 Å². The van der Waals surface area contributed by atoms with E-state index in [0.29, 0.717) is 18.5 Å². The molecule has 0 saturated carbocycles. The zero-order valence-electron chi connectivity index (χ0n) is 10.8. The van der Waals surface area contributed by atoms with E-state index < -0.39 is 17.8 Å². The van der Waals surface area contributed by atoms with Gasteiger partial charge in [0.2, 0.25) is 0 Å². The number of benzene rings is 1. The number of carbonyl (C=O) groups excluding carboxylic acids is 1. The van der Waals surface area contributed by atoms with Gasteiger partial charge in [-0.2, -0.15) is 0 Å². The molecule has 20 heavy (non-hydrogen) atoms. The molecule has 1 heterocycles. The van der Waals surface area contributed by atoms with Crippen molar-refractivity contribution in [3.05, 3.63) is 65.7 Å². The van der Waals surface area contributed by atoms with Gasteiger partial charge in [0.15, 0.2) is 6.10 Å². The first-order valence-electron chi connectivity index (χ1n) is 6.27. The van der Waals surface area contributed by atoms with Gasteiger partial charge in [0.05, 0.1) is 0 Å². The highest BCUT2D eigenvalue weighted by molar-refractivity contribution is 5.81. The van der Waals surface area contributed by atoms with Crippen molar-refractivity contribution in [2.75, 3.05) is 6.54 Å². The maximum absolute atomic E-state index is 12.8. The van der Waals surface area contributed by atoms with E-state index in [-0.39, 0.29) is 0 Å². The minimum atomic E-state index is -1.28. The van der Waals surface area contributed by atoms with E-state index >= 15 is 0 Å². The van der Waals surface area contributed by atoms with Crippen LogP contribution in [-0.4, -0.2) is 22.5 Å². The fraction of sp³-hybridized carbons (Fsp3) is 0.200. The van der Waals surface area contributed by atoms with Crippen molar-refractivity contribution >= 4 is 5.91 Å². The highest BCUT2D eigenvalue weighted by atomic mass is 19.1. The summed E-state index contributed by atoms with van der Waals surface area (Å²) in [6.45, 7) is 0.418. The number of nitrogens with one attached hydrogen (secondary N) is 1. The quantitative estimate of drug-likeness (QED) is 0.870. The molecule has 0 saturated heterocycles. The normalized spacial score (nSPS) is 11.9. The summed E-state index contributed by atoms with van der Waals surface area (Å²) in [4.78, 5) is 15.7. The van der Waals surface area contributed by atoms with Gasteiger partial charge in [-0.05, 0) is 41.8 Å². The first-order chi connectivity index (χ1) is 9.66. The van der Waals surface area contributed by atoms with E-state index in [1.165, 1.54) is 24.3 Å². The first kappa shape index (κ1) is 14.1. The molecular weight excluding hydrogens is 259 g/mol. The number of halogens is 1. The molecule has 104 valence electrons. The summed E-state index contributed by atoms with van der Waals surface area (Å²) in [5, 5.41) is 12.5. The SMILES string of the molecule is O=C(NCCc1ccncc1)[C@H](O)c1ccc(F)cc1. The molecule has 0 spiro atoms. The van der Waals surface area contributed by atoms with E-state index in [2.05, 4.69) is 10.3 Å². The Labute approximate surface area is 116 Å². The van der Waals surface area contributed by atoms with Crippen molar-refractivity contribution in [1.82, 2.24) is 10.3 Å². The summed E-state index contributed by atoms with van der Waals surface area (Å²) in [5.74, 6) is -0.898. The number of amides is 1. The highest BCUT2D eigenvalue weighted by Crippen LogP contribution is 2.13. The van der Waals surface area contributed by atoms with Gasteiger partial charge in [-0.25, -0.2) is 4.39 Å². The molecule has 0 aliphatic carbocycles. The molecule has 0 unspecified atom stereocenters. The Morgan fingerprint density at radius 1 is 1.20 bits per heavy atom.